The first-order chi connectivity index (χ1) is 15.5. The van der Waals surface area contributed by atoms with E-state index in [0.29, 0.717) is 16.5 Å². The number of aryl methyl sites for hydroxylation is 1. The lowest BCUT2D eigenvalue weighted by atomic mass is 9.77. The monoisotopic (exact) mass is 508 g/mol. The molecule has 0 saturated carbocycles. The van der Waals surface area contributed by atoms with Crippen molar-refractivity contribution >= 4 is 37.3 Å². The lowest BCUT2D eigenvalue weighted by Gasteiger charge is -2.37. The smallest absolute Gasteiger partial charge is 0.261 e. The van der Waals surface area contributed by atoms with E-state index in [2.05, 4.69) is 62.4 Å². The highest BCUT2D eigenvalue weighted by Crippen LogP contribution is 2.50. The molecular formula is C26H25BrN2O2S. The summed E-state index contributed by atoms with van der Waals surface area (Å²) in [5, 5.41) is 3.68. The van der Waals surface area contributed by atoms with Crippen molar-refractivity contribution in [3.05, 3.63) is 100 Å². The van der Waals surface area contributed by atoms with Crippen LogP contribution < -0.4 is 10.0 Å². The molecule has 3 atom stereocenters. The van der Waals surface area contributed by atoms with Crippen LogP contribution in [0.3, 0.4) is 0 Å². The van der Waals surface area contributed by atoms with Crippen LogP contribution >= 0.6 is 15.9 Å². The minimum Gasteiger partial charge on any atom is -0.378 e. The van der Waals surface area contributed by atoms with Crippen LogP contribution in [0, 0.1) is 5.92 Å². The molecule has 1 aliphatic carbocycles. The van der Waals surface area contributed by atoms with Crippen LogP contribution in [0.4, 0.5) is 11.4 Å². The predicted octanol–water partition coefficient (Wildman–Crippen LogP) is 6.64. The van der Waals surface area contributed by atoms with Gasteiger partial charge in [-0.1, -0.05) is 65.3 Å². The van der Waals surface area contributed by atoms with Crippen molar-refractivity contribution in [2.24, 2.45) is 5.92 Å². The van der Waals surface area contributed by atoms with E-state index in [0.717, 1.165) is 34.1 Å². The van der Waals surface area contributed by atoms with Gasteiger partial charge in [-0.15, -0.1) is 0 Å². The van der Waals surface area contributed by atoms with Crippen LogP contribution in [0.2, 0.25) is 0 Å². The minimum atomic E-state index is -3.69. The minimum absolute atomic E-state index is 0.188. The number of rotatable bonds is 5. The normalized spacial score (nSPS) is 21.5. The molecule has 0 bridgehead atoms. The lowest BCUT2D eigenvalue weighted by molar-refractivity contribution is 0.425. The number of fused-ring (bicyclic) bond motifs is 3. The summed E-state index contributed by atoms with van der Waals surface area (Å²) in [4.78, 5) is 0.296. The zero-order valence-corrected chi connectivity index (χ0v) is 20.2. The van der Waals surface area contributed by atoms with E-state index in [9.17, 15) is 8.42 Å². The van der Waals surface area contributed by atoms with Gasteiger partial charge in [-0.3, -0.25) is 4.72 Å². The molecule has 164 valence electrons. The summed E-state index contributed by atoms with van der Waals surface area (Å²) >= 11 is 3.52. The molecule has 5 rings (SSSR count). The van der Waals surface area contributed by atoms with Crippen LogP contribution in [0.1, 0.15) is 42.0 Å². The van der Waals surface area contributed by atoms with Crippen molar-refractivity contribution in [3.8, 4) is 0 Å². The molecular weight excluding hydrogens is 484 g/mol. The maximum absolute atomic E-state index is 13.2. The average molecular weight is 509 g/mol. The molecule has 0 radical (unpaired) electrons. The van der Waals surface area contributed by atoms with Gasteiger partial charge >= 0.3 is 0 Å². The molecule has 0 aromatic heterocycles. The van der Waals surface area contributed by atoms with Gasteiger partial charge in [0.1, 0.15) is 0 Å². The molecule has 6 heteroatoms. The zero-order valence-electron chi connectivity index (χ0n) is 17.8. The summed E-state index contributed by atoms with van der Waals surface area (Å²) in [6.45, 7) is 2.02. The molecule has 0 unspecified atom stereocenters. The van der Waals surface area contributed by atoms with Gasteiger partial charge in [-0.05, 0) is 71.8 Å². The zero-order chi connectivity index (χ0) is 22.3. The van der Waals surface area contributed by atoms with Crippen LogP contribution in [0.5, 0.6) is 0 Å². The SMILES string of the molecule is CCc1ccccc1NS(=O)(=O)c1ccc2c(c1)[C@H]1C=CC[C@H]1[C@@H](c1ccc(Br)cc1)N2. The van der Waals surface area contributed by atoms with Gasteiger partial charge in [0, 0.05) is 16.1 Å². The van der Waals surface area contributed by atoms with Crippen LogP contribution in [-0.4, -0.2) is 8.42 Å². The fourth-order valence-electron chi connectivity index (χ4n) is 4.87. The summed E-state index contributed by atoms with van der Waals surface area (Å²) in [7, 11) is -3.69. The van der Waals surface area contributed by atoms with Gasteiger partial charge in [-0.2, -0.15) is 0 Å². The standard InChI is InChI=1S/C26H25BrN2O2S/c1-2-17-6-3-4-9-24(17)29-32(30,31)20-14-15-25-23(16-20)21-7-5-8-22(21)26(28-25)18-10-12-19(27)13-11-18/h3-7,9-16,21-22,26,28-29H,2,8H2,1H3/t21-,22+,26+/m0/s1. The highest BCUT2D eigenvalue weighted by Gasteiger charge is 2.38. The third-order valence-corrected chi connectivity index (χ3v) is 8.41. The van der Waals surface area contributed by atoms with Gasteiger partial charge in [0.15, 0.2) is 0 Å². The van der Waals surface area contributed by atoms with E-state index in [4.69, 9.17) is 0 Å². The van der Waals surface area contributed by atoms with E-state index in [1.54, 1.807) is 6.07 Å². The number of hydrogen-bond acceptors (Lipinski definition) is 3. The van der Waals surface area contributed by atoms with E-state index < -0.39 is 10.0 Å². The molecule has 0 spiro atoms. The summed E-state index contributed by atoms with van der Waals surface area (Å²) < 4.78 is 30.3. The largest absolute Gasteiger partial charge is 0.378 e. The number of sulfonamides is 1. The van der Waals surface area contributed by atoms with Crippen LogP contribution in [-0.2, 0) is 16.4 Å². The third-order valence-electron chi connectivity index (χ3n) is 6.52. The molecule has 3 aromatic carbocycles. The Morgan fingerprint density at radius 1 is 1.06 bits per heavy atom. The van der Waals surface area contributed by atoms with Crippen molar-refractivity contribution in [1.29, 1.82) is 0 Å². The number of hydrogen-bond donors (Lipinski definition) is 2. The Morgan fingerprint density at radius 3 is 2.62 bits per heavy atom. The Bertz CT molecular complexity index is 1290. The topological polar surface area (TPSA) is 58.2 Å². The number of benzene rings is 3. The molecule has 0 saturated heterocycles. The fourth-order valence-corrected chi connectivity index (χ4v) is 6.27. The summed E-state index contributed by atoms with van der Waals surface area (Å²) in [5.41, 5.74) is 4.90. The maximum atomic E-state index is 13.2. The van der Waals surface area contributed by atoms with Crippen LogP contribution in [0.15, 0.2) is 88.3 Å². The Morgan fingerprint density at radius 2 is 1.84 bits per heavy atom. The van der Waals surface area contributed by atoms with E-state index in [-0.39, 0.29) is 12.0 Å². The van der Waals surface area contributed by atoms with Crippen molar-refractivity contribution in [1.82, 2.24) is 0 Å². The van der Waals surface area contributed by atoms with Crippen LogP contribution in [0.25, 0.3) is 0 Å². The van der Waals surface area contributed by atoms with Gasteiger partial charge in [0.25, 0.3) is 10.0 Å². The number of para-hydroxylation sites is 1. The molecule has 2 N–H and O–H groups in total. The number of halogens is 1. The Labute approximate surface area is 197 Å². The Balaban J connectivity index is 1.49. The molecule has 3 aromatic rings. The fraction of sp³-hybridized carbons (Fsp3) is 0.231. The quantitative estimate of drug-likeness (QED) is 0.379. The Kier molecular flexibility index (Phi) is 5.59. The average Bonchev–Trinajstić information content (AvgIpc) is 3.29. The maximum Gasteiger partial charge on any atom is 0.261 e. The lowest BCUT2D eigenvalue weighted by Crippen LogP contribution is -2.29. The molecule has 0 amide bonds. The third kappa shape index (κ3) is 3.86. The second-order valence-corrected chi connectivity index (χ2v) is 11.0. The first-order valence-corrected chi connectivity index (χ1v) is 13.2. The van der Waals surface area contributed by atoms with Crippen molar-refractivity contribution in [2.75, 3.05) is 10.0 Å². The Hall–Kier alpha value is -2.57. The first kappa shape index (κ1) is 21.3. The molecule has 1 heterocycles. The van der Waals surface area contributed by atoms with E-state index in [1.807, 2.05) is 43.3 Å². The van der Waals surface area contributed by atoms with Gasteiger partial charge in [0.2, 0.25) is 0 Å². The summed E-state index contributed by atoms with van der Waals surface area (Å²) in [6.07, 6.45) is 6.18. The molecule has 1 aliphatic heterocycles. The second kappa shape index (κ2) is 8.41. The molecule has 32 heavy (non-hydrogen) atoms. The van der Waals surface area contributed by atoms with E-state index in [1.165, 1.54) is 5.56 Å². The predicted molar refractivity (Wildman–Crippen MR) is 134 cm³/mol. The van der Waals surface area contributed by atoms with Crippen molar-refractivity contribution in [2.45, 2.75) is 36.6 Å². The summed E-state index contributed by atoms with van der Waals surface area (Å²) in [5.74, 6) is 0.549. The highest BCUT2D eigenvalue weighted by molar-refractivity contribution is 9.10. The number of anilines is 2. The van der Waals surface area contributed by atoms with Gasteiger partial charge < -0.3 is 5.32 Å². The highest BCUT2D eigenvalue weighted by atomic mass is 79.9. The van der Waals surface area contributed by atoms with Crippen molar-refractivity contribution in [3.63, 3.8) is 0 Å². The van der Waals surface area contributed by atoms with Gasteiger partial charge in [0.05, 0.1) is 16.6 Å². The number of allylic oxidation sites excluding steroid dienone is 2. The van der Waals surface area contributed by atoms with Crippen molar-refractivity contribution < 1.29 is 8.42 Å². The second-order valence-electron chi connectivity index (χ2n) is 8.39. The molecule has 4 nitrogen and oxygen atoms in total. The molecule has 2 aliphatic rings. The summed E-state index contributed by atoms with van der Waals surface area (Å²) in [6, 6.07) is 21.6. The van der Waals surface area contributed by atoms with E-state index >= 15 is 0 Å². The van der Waals surface area contributed by atoms with Gasteiger partial charge in [-0.25, -0.2) is 8.42 Å². The first-order valence-electron chi connectivity index (χ1n) is 10.9. The molecule has 0 fully saturated rings. The number of nitrogens with one attached hydrogen (secondary N) is 2.